The number of allylic oxidation sites excluding steroid dienone is 24. The van der Waals surface area contributed by atoms with E-state index in [2.05, 4.69) is 167 Å². The molecule has 0 aliphatic carbocycles. The van der Waals surface area contributed by atoms with E-state index in [1.807, 2.05) is 0 Å². The molecule has 0 saturated heterocycles. The first-order valence-electron chi connectivity index (χ1n) is 30.3. The lowest BCUT2D eigenvalue weighted by Gasteiger charge is -2.18. The number of carbonyl (C=O) groups excluding carboxylic acids is 3. The lowest BCUT2D eigenvalue weighted by atomic mass is 10.1. The molecule has 0 fully saturated rings. The SMILES string of the molecule is CC/C=C\C/C=C\C/C=C\C/C=C\C/C=C\C/C=C\C/C=C\CCCCCCCCCCCC(=O)OCC(COC(=O)CCCCCCC/C=C\CCCC)OC(=O)CCCC/C=C\C/C=C\C/C=C\C/C=C\CC. The van der Waals surface area contributed by atoms with Crippen LogP contribution in [-0.2, 0) is 28.6 Å². The Morgan fingerprint density at radius 3 is 0.853 bits per heavy atom. The van der Waals surface area contributed by atoms with Crippen LogP contribution in [0, 0.1) is 0 Å². The summed E-state index contributed by atoms with van der Waals surface area (Å²) < 4.78 is 16.8. The molecule has 0 heterocycles. The Morgan fingerprint density at radius 1 is 0.280 bits per heavy atom. The van der Waals surface area contributed by atoms with E-state index >= 15 is 0 Å². The zero-order valence-corrected chi connectivity index (χ0v) is 48.3. The Labute approximate surface area is 461 Å². The molecule has 1 atom stereocenters. The second kappa shape index (κ2) is 61.8. The quantitative estimate of drug-likeness (QED) is 0.0261. The van der Waals surface area contributed by atoms with Crippen molar-refractivity contribution in [2.24, 2.45) is 0 Å². The Balaban J connectivity index is 4.29. The molecule has 75 heavy (non-hydrogen) atoms. The summed E-state index contributed by atoms with van der Waals surface area (Å²) in [6.45, 7) is 6.31. The van der Waals surface area contributed by atoms with Crippen LogP contribution >= 0.6 is 0 Å². The average Bonchev–Trinajstić information content (AvgIpc) is 3.41. The van der Waals surface area contributed by atoms with Gasteiger partial charge < -0.3 is 14.2 Å². The largest absolute Gasteiger partial charge is 0.462 e. The number of hydrogen-bond acceptors (Lipinski definition) is 6. The maximum Gasteiger partial charge on any atom is 0.306 e. The van der Waals surface area contributed by atoms with Gasteiger partial charge >= 0.3 is 17.9 Å². The highest BCUT2D eigenvalue weighted by molar-refractivity contribution is 5.71. The molecule has 0 radical (unpaired) electrons. The number of esters is 3. The summed E-state index contributed by atoms with van der Waals surface area (Å²) >= 11 is 0. The smallest absolute Gasteiger partial charge is 0.306 e. The summed E-state index contributed by atoms with van der Waals surface area (Å²) in [5.74, 6) is -0.968. The van der Waals surface area contributed by atoms with Gasteiger partial charge in [-0.05, 0) is 135 Å². The summed E-state index contributed by atoms with van der Waals surface area (Å²) in [7, 11) is 0. The molecule has 6 nitrogen and oxygen atoms in total. The molecule has 0 aromatic heterocycles. The number of rotatable bonds is 53. The summed E-state index contributed by atoms with van der Waals surface area (Å²) in [5, 5.41) is 0. The van der Waals surface area contributed by atoms with Crippen molar-refractivity contribution in [1.29, 1.82) is 0 Å². The standard InChI is InChI=1S/C69H110O6/c1-4-7-10-13-16-19-22-24-26-27-28-29-30-31-32-33-34-35-36-37-38-39-40-41-43-44-47-50-53-56-59-62-68(71)74-65-66(64-73-67(70)61-58-55-52-49-46-21-18-15-12-9-6-3)75-69(72)63-60-57-54-51-48-45-42-25-23-20-17-14-11-8-5-2/h7-8,10-11,15-20,24-26,28-29,31-32,34-35,37-38,42,48,51,66H,4-6,9,12-14,21-23,27,30,33,36,39-41,43-47,49-50,52-65H2,1-3H3/b10-7-,11-8-,18-15-,19-16-,20-17-,26-24-,29-28-,32-31-,35-34-,38-37-,42-25-,51-48-. The molecule has 422 valence electrons. The zero-order chi connectivity index (χ0) is 54.3. The molecule has 0 bridgehead atoms. The maximum atomic E-state index is 12.8. The van der Waals surface area contributed by atoms with Crippen molar-refractivity contribution < 1.29 is 28.6 Å². The fraction of sp³-hybridized carbons (Fsp3) is 0.609. The van der Waals surface area contributed by atoms with Crippen LogP contribution in [0.1, 0.15) is 252 Å². The van der Waals surface area contributed by atoms with E-state index in [1.54, 1.807) is 0 Å². The van der Waals surface area contributed by atoms with E-state index in [-0.39, 0.29) is 37.5 Å². The van der Waals surface area contributed by atoms with Gasteiger partial charge in [0, 0.05) is 19.3 Å². The van der Waals surface area contributed by atoms with Crippen molar-refractivity contribution in [1.82, 2.24) is 0 Å². The van der Waals surface area contributed by atoms with Crippen molar-refractivity contribution >= 4 is 17.9 Å². The minimum absolute atomic E-state index is 0.105. The minimum Gasteiger partial charge on any atom is -0.462 e. The Bertz CT molecular complexity index is 1660. The highest BCUT2D eigenvalue weighted by Crippen LogP contribution is 2.14. The van der Waals surface area contributed by atoms with E-state index in [4.69, 9.17) is 14.2 Å². The van der Waals surface area contributed by atoms with Crippen molar-refractivity contribution in [2.75, 3.05) is 13.2 Å². The number of carbonyl (C=O) groups is 3. The second-order valence-electron chi connectivity index (χ2n) is 19.5. The van der Waals surface area contributed by atoms with Crippen molar-refractivity contribution in [3.05, 3.63) is 146 Å². The fourth-order valence-electron chi connectivity index (χ4n) is 7.81. The van der Waals surface area contributed by atoms with Crippen LogP contribution in [0.5, 0.6) is 0 Å². The first kappa shape index (κ1) is 70.3. The molecule has 0 amide bonds. The molecule has 6 heteroatoms. The molecule has 0 saturated carbocycles. The molecular formula is C69H110O6. The molecule has 0 spiro atoms. The van der Waals surface area contributed by atoms with Crippen LogP contribution in [0.2, 0.25) is 0 Å². The Hall–Kier alpha value is -4.71. The highest BCUT2D eigenvalue weighted by Gasteiger charge is 2.19. The fourth-order valence-corrected chi connectivity index (χ4v) is 7.81. The third kappa shape index (κ3) is 60.0. The van der Waals surface area contributed by atoms with E-state index in [0.29, 0.717) is 19.3 Å². The van der Waals surface area contributed by atoms with Crippen LogP contribution in [0.4, 0.5) is 0 Å². The first-order valence-corrected chi connectivity index (χ1v) is 30.3. The Kier molecular flexibility index (Phi) is 58.0. The van der Waals surface area contributed by atoms with Gasteiger partial charge in [0.05, 0.1) is 0 Å². The van der Waals surface area contributed by atoms with E-state index in [0.717, 1.165) is 141 Å². The van der Waals surface area contributed by atoms with Gasteiger partial charge in [-0.25, -0.2) is 0 Å². The molecular weight excluding hydrogens is 925 g/mol. The summed E-state index contributed by atoms with van der Waals surface area (Å²) in [6.07, 6.45) is 88.6. The third-order valence-electron chi connectivity index (χ3n) is 12.3. The van der Waals surface area contributed by atoms with Crippen LogP contribution in [0.3, 0.4) is 0 Å². The van der Waals surface area contributed by atoms with Gasteiger partial charge in [0.1, 0.15) is 13.2 Å². The van der Waals surface area contributed by atoms with E-state index in [9.17, 15) is 14.4 Å². The van der Waals surface area contributed by atoms with Crippen LogP contribution < -0.4 is 0 Å². The van der Waals surface area contributed by atoms with Gasteiger partial charge in [-0.2, -0.15) is 0 Å². The monoisotopic (exact) mass is 1030 g/mol. The van der Waals surface area contributed by atoms with Crippen molar-refractivity contribution in [3.63, 3.8) is 0 Å². The minimum atomic E-state index is -0.811. The predicted octanol–water partition coefficient (Wildman–Crippen LogP) is 20.8. The molecule has 0 aliphatic rings. The van der Waals surface area contributed by atoms with Crippen LogP contribution in [0.15, 0.2) is 146 Å². The molecule has 0 N–H and O–H groups in total. The first-order chi connectivity index (χ1) is 37.0. The number of unbranched alkanes of at least 4 members (excludes halogenated alkanes) is 18. The Morgan fingerprint density at radius 2 is 0.520 bits per heavy atom. The zero-order valence-electron chi connectivity index (χ0n) is 48.3. The second-order valence-corrected chi connectivity index (χ2v) is 19.5. The van der Waals surface area contributed by atoms with Crippen LogP contribution in [-0.4, -0.2) is 37.2 Å². The van der Waals surface area contributed by atoms with Gasteiger partial charge in [0.2, 0.25) is 0 Å². The van der Waals surface area contributed by atoms with Gasteiger partial charge in [-0.15, -0.1) is 0 Å². The normalized spacial score (nSPS) is 13.2. The lowest BCUT2D eigenvalue weighted by Crippen LogP contribution is -2.30. The average molecular weight is 1040 g/mol. The molecule has 0 aromatic carbocycles. The van der Waals surface area contributed by atoms with Crippen molar-refractivity contribution in [3.8, 4) is 0 Å². The molecule has 0 aromatic rings. The topological polar surface area (TPSA) is 78.9 Å². The molecule has 0 rings (SSSR count). The summed E-state index contributed by atoms with van der Waals surface area (Å²) in [5.41, 5.74) is 0. The predicted molar refractivity (Wildman–Crippen MR) is 325 cm³/mol. The van der Waals surface area contributed by atoms with Gasteiger partial charge in [0.15, 0.2) is 6.10 Å². The highest BCUT2D eigenvalue weighted by atomic mass is 16.6. The number of ether oxygens (including phenoxy) is 3. The van der Waals surface area contributed by atoms with E-state index < -0.39 is 6.10 Å². The van der Waals surface area contributed by atoms with Crippen LogP contribution in [0.25, 0.3) is 0 Å². The molecule has 1 unspecified atom stereocenters. The summed E-state index contributed by atoms with van der Waals surface area (Å²) in [4.78, 5) is 38.1. The third-order valence-corrected chi connectivity index (χ3v) is 12.3. The van der Waals surface area contributed by atoms with Gasteiger partial charge in [-0.3, -0.25) is 14.4 Å². The van der Waals surface area contributed by atoms with Crippen molar-refractivity contribution in [2.45, 2.75) is 258 Å². The lowest BCUT2D eigenvalue weighted by molar-refractivity contribution is -0.167. The summed E-state index contributed by atoms with van der Waals surface area (Å²) in [6, 6.07) is 0. The maximum absolute atomic E-state index is 12.8. The van der Waals surface area contributed by atoms with Gasteiger partial charge in [-0.1, -0.05) is 244 Å². The number of hydrogen-bond donors (Lipinski definition) is 0. The van der Waals surface area contributed by atoms with Gasteiger partial charge in [0.25, 0.3) is 0 Å². The van der Waals surface area contributed by atoms with E-state index in [1.165, 1.54) is 64.2 Å². The molecule has 0 aliphatic heterocycles.